The van der Waals surface area contributed by atoms with Crippen LogP contribution < -0.4 is 11.1 Å². The van der Waals surface area contributed by atoms with Gasteiger partial charge in [-0.3, -0.25) is 4.99 Å². The summed E-state index contributed by atoms with van der Waals surface area (Å²) in [4.78, 5) is 4.68. The van der Waals surface area contributed by atoms with Crippen molar-refractivity contribution in [3.63, 3.8) is 0 Å². The molecule has 0 fully saturated rings. The van der Waals surface area contributed by atoms with Crippen LogP contribution in [-0.4, -0.2) is 10.9 Å². The van der Waals surface area contributed by atoms with Crippen molar-refractivity contribution >= 4 is 22.6 Å². The smallest absolute Gasteiger partial charge is 0.154 e. The quantitative estimate of drug-likeness (QED) is 0.882. The molecule has 0 aliphatic carbocycles. The van der Waals surface area contributed by atoms with Crippen molar-refractivity contribution < 1.29 is 0 Å². The molecule has 2 aromatic rings. The van der Waals surface area contributed by atoms with Crippen molar-refractivity contribution in [3.05, 3.63) is 65.2 Å². The molecule has 23 heavy (non-hydrogen) atoms. The summed E-state index contributed by atoms with van der Waals surface area (Å²) in [6.07, 6.45) is 1.01. The van der Waals surface area contributed by atoms with Crippen molar-refractivity contribution in [2.24, 2.45) is 10.7 Å². The summed E-state index contributed by atoms with van der Waals surface area (Å²) in [5, 5.41) is 4.19. The molecule has 3 N–H and O–H groups in total. The molecule has 120 valence electrons. The lowest BCUT2D eigenvalue weighted by atomic mass is 9.89. The highest BCUT2D eigenvalue weighted by Crippen LogP contribution is 2.35. The highest BCUT2D eigenvalue weighted by atomic mass is 32.2. The Kier molecular flexibility index (Phi) is 4.62. The van der Waals surface area contributed by atoms with Gasteiger partial charge >= 0.3 is 0 Å². The molecule has 0 saturated carbocycles. The molecule has 0 radical (unpaired) electrons. The first-order valence-electron chi connectivity index (χ1n) is 7.93. The van der Waals surface area contributed by atoms with Crippen molar-refractivity contribution in [3.8, 4) is 0 Å². The minimum Gasteiger partial charge on any atom is -0.381 e. The standard InChI is InChI=1S/C19H23N3S/c1-14-6-8-15(9-7-14)13-21-17-5-3-4-16(12-17)19(2)10-11-23-18(20)22-19/h3-9,12,21H,10-11,13H2,1-2H3,(H2,20,22). The van der Waals surface area contributed by atoms with E-state index in [2.05, 4.69) is 72.7 Å². The minimum atomic E-state index is -0.211. The van der Waals surface area contributed by atoms with Crippen LogP contribution in [0.15, 0.2) is 53.5 Å². The lowest BCUT2D eigenvalue weighted by Crippen LogP contribution is -2.28. The summed E-state index contributed by atoms with van der Waals surface area (Å²) >= 11 is 1.64. The number of nitrogens with two attached hydrogens (primary N) is 1. The number of aryl methyl sites for hydroxylation is 1. The average molecular weight is 325 g/mol. The zero-order chi connectivity index (χ0) is 16.3. The SMILES string of the molecule is Cc1ccc(CNc2cccc(C3(C)CCSC(N)=N3)c2)cc1. The van der Waals surface area contributed by atoms with E-state index in [-0.39, 0.29) is 5.54 Å². The van der Waals surface area contributed by atoms with E-state index in [1.54, 1.807) is 11.8 Å². The van der Waals surface area contributed by atoms with E-state index >= 15 is 0 Å². The first kappa shape index (κ1) is 15.9. The first-order chi connectivity index (χ1) is 11.0. The molecule has 1 heterocycles. The predicted octanol–water partition coefficient (Wildman–Crippen LogP) is 4.27. The summed E-state index contributed by atoms with van der Waals surface area (Å²) in [6.45, 7) is 5.09. The van der Waals surface area contributed by atoms with E-state index in [9.17, 15) is 0 Å². The Morgan fingerprint density at radius 1 is 1.22 bits per heavy atom. The van der Waals surface area contributed by atoms with Crippen LogP contribution >= 0.6 is 11.8 Å². The van der Waals surface area contributed by atoms with Crippen molar-refractivity contribution in [1.29, 1.82) is 0 Å². The number of hydrogen-bond donors (Lipinski definition) is 2. The van der Waals surface area contributed by atoms with E-state index in [1.807, 2.05) is 0 Å². The van der Waals surface area contributed by atoms with Gasteiger partial charge in [0.25, 0.3) is 0 Å². The summed E-state index contributed by atoms with van der Waals surface area (Å²) in [6, 6.07) is 17.1. The molecule has 0 saturated heterocycles. The minimum absolute atomic E-state index is 0.211. The van der Waals surface area contributed by atoms with Gasteiger partial charge in [0.15, 0.2) is 5.17 Å². The van der Waals surface area contributed by atoms with Crippen LogP contribution in [0.1, 0.15) is 30.0 Å². The van der Waals surface area contributed by atoms with Crippen LogP contribution in [0.4, 0.5) is 5.69 Å². The maximum atomic E-state index is 5.93. The highest BCUT2D eigenvalue weighted by molar-refractivity contribution is 8.13. The number of aliphatic imine (C=N–C) groups is 1. The molecule has 0 bridgehead atoms. The van der Waals surface area contributed by atoms with Gasteiger partial charge in [-0.2, -0.15) is 0 Å². The van der Waals surface area contributed by atoms with E-state index in [4.69, 9.17) is 5.73 Å². The first-order valence-corrected chi connectivity index (χ1v) is 8.92. The third-order valence-corrected chi connectivity index (χ3v) is 5.09. The lowest BCUT2D eigenvalue weighted by Gasteiger charge is -2.30. The maximum Gasteiger partial charge on any atom is 0.154 e. The Labute approximate surface area is 142 Å². The molecule has 4 heteroatoms. The summed E-state index contributed by atoms with van der Waals surface area (Å²) in [5.41, 5.74) is 10.6. The normalized spacial score (nSPS) is 20.9. The van der Waals surface area contributed by atoms with Crippen LogP contribution in [0.2, 0.25) is 0 Å². The number of thioether (sulfide) groups is 1. The van der Waals surface area contributed by atoms with Gasteiger partial charge in [-0.05, 0) is 43.5 Å². The number of benzene rings is 2. The van der Waals surface area contributed by atoms with Crippen molar-refractivity contribution in [2.75, 3.05) is 11.1 Å². The molecule has 0 amide bonds. The van der Waals surface area contributed by atoms with Crippen LogP contribution in [-0.2, 0) is 12.1 Å². The zero-order valence-corrected chi connectivity index (χ0v) is 14.5. The number of rotatable bonds is 4. The maximum absolute atomic E-state index is 5.93. The molecule has 0 aromatic heterocycles. The molecular formula is C19H23N3S. The van der Waals surface area contributed by atoms with E-state index in [0.29, 0.717) is 5.17 Å². The van der Waals surface area contributed by atoms with Gasteiger partial charge in [-0.15, -0.1) is 0 Å². The highest BCUT2D eigenvalue weighted by Gasteiger charge is 2.29. The van der Waals surface area contributed by atoms with Crippen molar-refractivity contribution in [1.82, 2.24) is 0 Å². The lowest BCUT2D eigenvalue weighted by molar-refractivity contribution is 0.482. The summed E-state index contributed by atoms with van der Waals surface area (Å²) in [5.74, 6) is 1.02. The van der Waals surface area contributed by atoms with Crippen LogP contribution in [0.5, 0.6) is 0 Å². The topological polar surface area (TPSA) is 50.4 Å². The fourth-order valence-corrected chi connectivity index (χ4v) is 3.74. The Bertz CT molecular complexity index is 709. The van der Waals surface area contributed by atoms with Gasteiger partial charge in [0.05, 0.1) is 5.54 Å². The third-order valence-electron chi connectivity index (χ3n) is 4.30. The summed E-state index contributed by atoms with van der Waals surface area (Å²) in [7, 11) is 0. The number of nitrogens with one attached hydrogen (secondary N) is 1. The van der Waals surface area contributed by atoms with Gasteiger partial charge in [0, 0.05) is 18.0 Å². The summed E-state index contributed by atoms with van der Waals surface area (Å²) < 4.78 is 0. The van der Waals surface area contributed by atoms with Gasteiger partial charge in [0.2, 0.25) is 0 Å². The Hall–Kier alpha value is -1.94. The molecule has 3 nitrogen and oxygen atoms in total. The van der Waals surface area contributed by atoms with Crippen LogP contribution in [0, 0.1) is 6.92 Å². The van der Waals surface area contributed by atoms with Crippen LogP contribution in [0.25, 0.3) is 0 Å². The molecular weight excluding hydrogens is 302 g/mol. The molecule has 3 rings (SSSR count). The van der Waals surface area contributed by atoms with Gasteiger partial charge < -0.3 is 11.1 Å². The Balaban J connectivity index is 1.75. The number of hydrogen-bond acceptors (Lipinski definition) is 4. The molecule has 1 aliphatic heterocycles. The second-order valence-electron chi connectivity index (χ2n) is 6.24. The van der Waals surface area contributed by atoms with E-state index < -0.39 is 0 Å². The second-order valence-corrected chi connectivity index (χ2v) is 7.36. The monoisotopic (exact) mass is 325 g/mol. The molecule has 1 atom stereocenters. The van der Waals surface area contributed by atoms with Gasteiger partial charge in [0.1, 0.15) is 0 Å². The molecule has 2 aromatic carbocycles. The average Bonchev–Trinajstić information content (AvgIpc) is 2.54. The fraction of sp³-hybridized carbons (Fsp3) is 0.316. The van der Waals surface area contributed by atoms with E-state index in [0.717, 1.165) is 24.4 Å². The third kappa shape index (κ3) is 3.88. The molecule has 1 unspecified atom stereocenters. The molecule has 1 aliphatic rings. The Morgan fingerprint density at radius 2 is 2.00 bits per heavy atom. The largest absolute Gasteiger partial charge is 0.381 e. The number of amidine groups is 1. The number of nitrogens with zero attached hydrogens (tertiary/aromatic N) is 1. The fourth-order valence-electron chi connectivity index (χ4n) is 2.77. The zero-order valence-electron chi connectivity index (χ0n) is 13.7. The van der Waals surface area contributed by atoms with E-state index in [1.165, 1.54) is 16.7 Å². The second kappa shape index (κ2) is 6.67. The van der Waals surface area contributed by atoms with Crippen LogP contribution in [0.3, 0.4) is 0 Å². The Morgan fingerprint density at radius 3 is 2.74 bits per heavy atom. The van der Waals surface area contributed by atoms with Gasteiger partial charge in [-0.25, -0.2) is 0 Å². The number of anilines is 1. The molecule has 0 spiro atoms. The van der Waals surface area contributed by atoms with Crippen molar-refractivity contribution in [2.45, 2.75) is 32.4 Å². The van der Waals surface area contributed by atoms with Gasteiger partial charge in [-0.1, -0.05) is 53.7 Å². The predicted molar refractivity (Wildman–Crippen MR) is 101 cm³/mol.